The van der Waals surface area contributed by atoms with E-state index in [0.717, 1.165) is 11.8 Å². The standard InChI is InChI=1S/C8H14/c1-7-3-5-8(2)6-4-7/h3,5,7-8H,4,6H2,1-2H3/t7-,8?/m0/s1. The normalized spacial score (nSPS) is 37.8. The molecule has 0 heteroatoms. The van der Waals surface area contributed by atoms with Crippen LogP contribution < -0.4 is 0 Å². The van der Waals surface area contributed by atoms with Gasteiger partial charge in [0.25, 0.3) is 0 Å². The highest BCUT2D eigenvalue weighted by Crippen LogP contribution is 2.20. The zero-order valence-corrected chi connectivity index (χ0v) is 5.72. The van der Waals surface area contributed by atoms with Crippen LogP contribution in [0.2, 0.25) is 0 Å². The Bertz CT molecular complexity index is 80.2. The Balaban J connectivity index is 2.42. The molecule has 1 unspecified atom stereocenters. The maximum absolute atomic E-state index is 2.33. The smallest absolute Gasteiger partial charge is 0.0262 e. The molecule has 1 aliphatic carbocycles. The van der Waals surface area contributed by atoms with Crippen molar-refractivity contribution in [3.8, 4) is 0 Å². The van der Waals surface area contributed by atoms with Gasteiger partial charge in [-0.1, -0.05) is 26.0 Å². The first kappa shape index (κ1) is 5.87. The number of hydrogen-bond donors (Lipinski definition) is 0. The minimum absolute atomic E-state index is 0.839. The lowest BCUT2D eigenvalue weighted by molar-refractivity contribution is 0.502. The molecule has 0 aromatic carbocycles. The van der Waals surface area contributed by atoms with E-state index in [4.69, 9.17) is 0 Å². The Hall–Kier alpha value is -0.260. The summed E-state index contributed by atoms with van der Waals surface area (Å²) in [6, 6.07) is 0. The van der Waals surface area contributed by atoms with Gasteiger partial charge in [0.05, 0.1) is 0 Å². The van der Waals surface area contributed by atoms with Gasteiger partial charge in [-0.25, -0.2) is 0 Å². The van der Waals surface area contributed by atoms with Gasteiger partial charge in [0, 0.05) is 0 Å². The summed E-state index contributed by atoms with van der Waals surface area (Å²) in [5.41, 5.74) is 0. The summed E-state index contributed by atoms with van der Waals surface area (Å²) in [6.07, 6.45) is 7.43. The fourth-order valence-electron chi connectivity index (χ4n) is 1.10. The third-order valence-electron chi connectivity index (χ3n) is 1.85. The van der Waals surface area contributed by atoms with Gasteiger partial charge >= 0.3 is 0 Å². The fraction of sp³-hybridized carbons (Fsp3) is 0.750. The van der Waals surface area contributed by atoms with Crippen molar-refractivity contribution in [3.05, 3.63) is 12.2 Å². The van der Waals surface area contributed by atoms with Gasteiger partial charge in [-0.2, -0.15) is 0 Å². The van der Waals surface area contributed by atoms with E-state index >= 15 is 0 Å². The molecule has 1 aliphatic rings. The van der Waals surface area contributed by atoms with E-state index in [1.807, 2.05) is 0 Å². The lowest BCUT2D eigenvalue weighted by Crippen LogP contribution is -2.01. The van der Waals surface area contributed by atoms with Crippen LogP contribution in [0.15, 0.2) is 12.2 Å². The highest BCUT2D eigenvalue weighted by molar-refractivity contribution is 4.94. The summed E-state index contributed by atoms with van der Waals surface area (Å²) < 4.78 is 0. The summed E-state index contributed by atoms with van der Waals surface area (Å²) in [5.74, 6) is 1.68. The molecule has 0 aliphatic heterocycles. The molecule has 0 bridgehead atoms. The Morgan fingerprint density at radius 1 is 1.00 bits per heavy atom. The van der Waals surface area contributed by atoms with Crippen LogP contribution in [0.25, 0.3) is 0 Å². The molecule has 0 N–H and O–H groups in total. The second-order valence-electron chi connectivity index (χ2n) is 2.92. The van der Waals surface area contributed by atoms with Crippen molar-refractivity contribution in [2.75, 3.05) is 0 Å². The van der Waals surface area contributed by atoms with Crippen molar-refractivity contribution in [3.63, 3.8) is 0 Å². The molecule has 0 saturated carbocycles. The molecular weight excluding hydrogens is 96.1 g/mol. The predicted molar refractivity (Wildman–Crippen MR) is 36.7 cm³/mol. The second-order valence-corrected chi connectivity index (χ2v) is 2.92. The molecule has 0 spiro atoms. The van der Waals surface area contributed by atoms with Gasteiger partial charge in [-0.3, -0.25) is 0 Å². The zero-order valence-electron chi connectivity index (χ0n) is 5.72. The lowest BCUT2D eigenvalue weighted by atomic mass is 9.91. The Morgan fingerprint density at radius 2 is 1.38 bits per heavy atom. The van der Waals surface area contributed by atoms with Gasteiger partial charge in [0.1, 0.15) is 0 Å². The monoisotopic (exact) mass is 110 g/mol. The van der Waals surface area contributed by atoms with Crippen LogP contribution in [0.4, 0.5) is 0 Å². The van der Waals surface area contributed by atoms with Gasteiger partial charge in [-0.05, 0) is 24.7 Å². The van der Waals surface area contributed by atoms with Crippen molar-refractivity contribution in [2.45, 2.75) is 26.7 Å². The first-order valence-corrected chi connectivity index (χ1v) is 3.47. The van der Waals surface area contributed by atoms with E-state index in [-0.39, 0.29) is 0 Å². The molecule has 0 nitrogen and oxygen atoms in total. The van der Waals surface area contributed by atoms with Gasteiger partial charge < -0.3 is 0 Å². The minimum Gasteiger partial charge on any atom is -0.0854 e. The van der Waals surface area contributed by atoms with Crippen molar-refractivity contribution < 1.29 is 0 Å². The van der Waals surface area contributed by atoms with Crippen LogP contribution in [0, 0.1) is 11.8 Å². The largest absolute Gasteiger partial charge is 0.0854 e. The molecule has 0 heterocycles. The molecule has 0 aromatic heterocycles. The molecule has 0 radical (unpaired) electrons. The van der Waals surface area contributed by atoms with E-state index in [1.165, 1.54) is 12.8 Å². The Labute approximate surface area is 51.6 Å². The fourth-order valence-corrected chi connectivity index (χ4v) is 1.10. The minimum atomic E-state index is 0.839. The zero-order chi connectivity index (χ0) is 5.98. The molecule has 2 atom stereocenters. The lowest BCUT2D eigenvalue weighted by Gasteiger charge is -2.15. The van der Waals surface area contributed by atoms with E-state index in [2.05, 4.69) is 26.0 Å². The van der Waals surface area contributed by atoms with Crippen molar-refractivity contribution >= 4 is 0 Å². The second kappa shape index (κ2) is 2.34. The van der Waals surface area contributed by atoms with Gasteiger partial charge in [0.2, 0.25) is 0 Å². The van der Waals surface area contributed by atoms with Crippen molar-refractivity contribution in [1.82, 2.24) is 0 Å². The molecule has 0 fully saturated rings. The van der Waals surface area contributed by atoms with Crippen LogP contribution in [0.1, 0.15) is 26.7 Å². The number of rotatable bonds is 0. The maximum atomic E-state index is 2.33. The van der Waals surface area contributed by atoms with Crippen molar-refractivity contribution in [1.29, 1.82) is 0 Å². The number of hydrogen-bond acceptors (Lipinski definition) is 0. The highest BCUT2D eigenvalue weighted by Gasteiger charge is 2.06. The first-order chi connectivity index (χ1) is 3.79. The average molecular weight is 110 g/mol. The first-order valence-electron chi connectivity index (χ1n) is 3.47. The molecular formula is C8H14. The topological polar surface area (TPSA) is 0 Å². The van der Waals surface area contributed by atoms with Crippen LogP contribution in [-0.2, 0) is 0 Å². The quantitative estimate of drug-likeness (QED) is 0.420. The summed E-state index contributed by atoms with van der Waals surface area (Å²) in [4.78, 5) is 0. The third kappa shape index (κ3) is 1.36. The van der Waals surface area contributed by atoms with Crippen LogP contribution in [0.5, 0.6) is 0 Å². The highest BCUT2D eigenvalue weighted by atomic mass is 14.1. The average Bonchev–Trinajstić information content (AvgIpc) is 1.77. The number of allylic oxidation sites excluding steroid dienone is 2. The Kier molecular flexibility index (Phi) is 1.72. The summed E-state index contributed by atoms with van der Waals surface area (Å²) in [6.45, 7) is 4.56. The molecule has 8 heavy (non-hydrogen) atoms. The van der Waals surface area contributed by atoms with Crippen molar-refractivity contribution in [2.24, 2.45) is 11.8 Å². The van der Waals surface area contributed by atoms with Crippen LogP contribution >= 0.6 is 0 Å². The summed E-state index contributed by atoms with van der Waals surface area (Å²) in [7, 11) is 0. The molecule has 0 aromatic rings. The molecule has 46 valence electrons. The maximum Gasteiger partial charge on any atom is -0.0262 e. The molecule has 0 saturated heterocycles. The Morgan fingerprint density at radius 3 is 1.62 bits per heavy atom. The van der Waals surface area contributed by atoms with Crippen LogP contribution in [-0.4, -0.2) is 0 Å². The van der Waals surface area contributed by atoms with Gasteiger partial charge in [0.15, 0.2) is 0 Å². The van der Waals surface area contributed by atoms with E-state index in [0.29, 0.717) is 0 Å². The summed E-state index contributed by atoms with van der Waals surface area (Å²) in [5, 5.41) is 0. The predicted octanol–water partition coefficient (Wildman–Crippen LogP) is 2.61. The summed E-state index contributed by atoms with van der Waals surface area (Å²) >= 11 is 0. The van der Waals surface area contributed by atoms with E-state index in [9.17, 15) is 0 Å². The molecule has 0 amide bonds. The van der Waals surface area contributed by atoms with E-state index in [1.54, 1.807) is 0 Å². The SMILES string of the molecule is CC1C=C[C@H](C)CC1. The van der Waals surface area contributed by atoms with E-state index < -0.39 is 0 Å². The van der Waals surface area contributed by atoms with Crippen LogP contribution in [0.3, 0.4) is 0 Å². The van der Waals surface area contributed by atoms with Gasteiger partial charge in [-0.15, -0.1) is 0 Å². The molecule has 1 rings (SSSR count). The third-order valence-corrected chi connectivity index (χ3v) is 1.85.